The summed E-state index contributed by atoms with van der Waals surface area (Å²) in [7, 11) is 0. The van der Waals surface area contributed by atoms with Crippen LogP contribution in [0.15, 0.2) is 51.2 Å². The zero-order valence-corrected chi connectivity index (χ0v) is 17.7. The van der Waals surface area contributed by atoms with E-state index in [1.807, 2.05) is 13.1 Å². The van der Waals surface area contributed by atoms with Crippen LogP contribution in [0.3, 0.4) is 0 Å². The van der Waals surface area contributed by atoms with Crippen molar-refractivity contribution in [2.45, 2.75) is 80.3 Å². The lowest BCUT2D eigenvalue weighted by Crippen LogP contribution is -2.37. The molecule has 4 heterocycles. The lowest BCUT2D eigenvalue weighted by molar-refractivity contribution is 0.232. The summed E-state index contributed by atoms with van der Waals surface area (Å²) in [5, 5.41) is 0. The fraction of sp³-hybridized carbons (Fsp3) is 0.609. The largest absolute Gasteiger partial charge is 0.353 e. The van der Waals surface area contributed by atoms with E-state index in [2.05, 4.69) is 92.0 Å². The second-order valence-electron chi connectivity index (χ2n) is 8.27. The van der Waals surface area contributed by atoms with Gasteiger partial charge in [-0.05, 0) is 66.4 Å². The van der Waals surface area contributed by atoms with E-state index in [1.165, 1.54) is 11.3 Å². The second kappa shape index (κ2) is 8.89. The third-order valence-corrected chi connectivity index (χ3v) is 5.54. The van der Waals surface area contributed by atoms with Gasteiger partial charge in [0.05, 0.1) is 5.92 Å². The maximum absolute atomic E-state index is 4.74. The van der Waals surface area contributed by atoms with Crippen molar-refractivity contribution in [2.24, 2.45) is 26.8 Å². The maximum atomic E-state index is 4.74. The van der Waals surface area contributed by atoms with Crippen molar-refractivity contribution in [2.75, 3.05) is 0 Å². The van der Waals surface area contributed by atoms with Gasteiger partial charge in [-0.3, -0.25) is 4.99 Å². The Morgan fingerprint density at radius 3 is 1.93 bits per heavy atom. The summed E-state index contributed by atoms with van der Waals surface area (Å²) in [6, 6.07) is 1.04. The minimum Gasteiger partial charge on any atom is -0.353 e. The normalized spacial score (nSPS) is 29.7. The van der Waals surface area contributed by atoms with E-state index in [0.29, 0.717) is 30.1 Å². The van der Waals surface area contributed by atoms with Gasteiger partial charge >= 0.3 is 0 Å². The number of amidine groups is 1. The van der Waals surface area contributed by atoms with Gasteiger partial charge in [-0.25, -0.2) is 9.98 Å². The Hall–Kier alpha value is -2.17. The first-order chi connectivity index (χ1) is 12.8. The Morgan fingerprint density at radius 1 is 0.821 bits per heavy atom. The molecule has 0 aromatic rings. The van der Waals surface area contributed by atoms with E-state index >= 15 is 0 Å². The Bertz CT molecular complexity index is 738. The predicted molar refractivity (Wildman–Crippen MR) is 122 cm³/mol. The molecule has 0 radical (unpaired) electrons. The van der Waals surface area contributed by atoms with Crippen molar-refractivity contribution < 1.29 is 0 Å². The van der Waals surface area contributed by atoms with E-state index < -0.39 is 0 Å². The van der Waals surface area contributed by atoms with Gasteiger partial charge in [0.15, 0.2) is 0 Å². The summed E-state index contributed by atoms with van der Waals surface area (Å²) in [6.07, 6.45) is 13.6. The lowest BCUT2D eigenvalue weighted by atomic mass is 9.98. The lowest BCUT2D eigenvalue weighted by Gasteiger charge is -2.31. The minimum atomic E-state index is 0. The third-order valence-electron chi connectivity index (χ3n) is 5.54. The average Bonchev–Trinajstić information content (AvgIpc) is 3.19. The summed E-state index contributed by atoms with van der Waals surface area (Å²) in [4.78, 5) is 18.1. The van der Waals surface area contributed by atoms with Crippen LogP contribution in [0.2, 0.25) is 0 Å². The highest BCUT2D eigenvalue weighted by Crippen LogP contribution is 2.30. The van der Waals surface area contributed by atoms with E-state index in [0.717, 1.165) is 5.84 Å². The molecule has 0 amide bonds. The summed E-state index contributed by atoms with van der Waals surface area (Å²) in [5.74, 6) is 1.75. The van der Waals surface area contributed by atoms with Crippen molar-refractivity contribution in [1.82, 2.24) is 9.80 Å². The number of dihydropyridines is 1. The predicted octanol–water partition coefficient (Wildman–Crippen LogP) is 4.89. The maximum Gasteiger partial charge on any atom is 0.134 e. The summed E-state index contributed by atoms with van der Waals surface area (Å²) in [6.45, 7) is 15.0. The van der Waals surface area contributed by atoms with Crippen molar-refractivity contribution >= 4 is 17.8 Å². The molecule has 0 spiro atoms. The van der Waals surface area contributed by atoms with Crippen LogP contribution in [0.4, 0.5) is 0 Å². The quantitative estimate of drug-likeness (QED) is 0.681. The molecule has 0 aliphatic carbocycles. The van der Waals surface area contributed by atoms with Gasteiger partial charge in [-0.15, -0.1) is 0 Å². The van der Waals surface area contributed by atoms with Gasteiger partial charge in [0.25, 0.3) is 0 Å². The summed E-state index contributed by atoms with van der Waals surface area (Å²) in [5.41, 5.74) is 2.50. The van der Waals surface area contributed by atoms with Gasteiger partial charge in [-0.1, -0.05) is 25.7 Å². The highest BCUT2D eigenvalue weighted by Gasteiger charge is 2.32. The average molecular weight is 384 g/mol. The van der Waals surface area contributed by atoms with Crippen molar-refractivity contribution in [3.05, 3.63) is 36.2 Å². The van der Waals surface area contributed by atoms with E-state index in [-0.39, 0.29) is 13.6 Å². The number of fused-ring (bicyclic) bond motifs is 2. The van der Waals surface area contributed by atoms with E-state index in [1.54, 1.807) is 0 Å². The molecule has 0 aromatic carbocycles. The number of hydrogen-bond acceptors (Lipinski definition) is 5. The topological polar surface area (TPSA) is 43.6 Å². The molecule has 0 saturated heterocycles. The molecule has 4 aliphatic rings. The zero-order valence-electron chi connectivity index (χ0n) is 17.7. The van der Waals surface area contributed by atoms with Gasteiger partial charge in [0.1, 0.15) is 18.2 Å². The van der Waals surface area contributed by atoms with Crippen LogP contribution in [0.25, 0.3) is 0 Å². The Balaban J connectivity index is 0.000000194. The number of aliphatic imine (C=N–C) groups is 3. The van der Waals surface area contributed by atoms with Crippen LogP contribution in [0.5, 0.6) is 0 Å². The highest BCUT2D eigenvalue weighted by molar-refractivity contribution is 5.98. The zero-order chi connectivity index (χ0) is 19.7. The number of nitrogens with zero attached hydrogens (tertiary/aromatic N) is 5. The molecule has 0 fully saturated rings. The molecule has 0 N–H and O–H groups in total. The SMILES string of the molecule is C.CC1=CC2C=CN(C(C)C)C2N=C1C.CC1=NC2C(C=CN2C(C)C)C=N1. The van der Waals surface area contributed by atoms with E-state index in [4.69, 9.17) is 4.99 Å². The molecule has 0 bridgehead atoms. The minimum absolute atomic E-state index is 0. The monoisotopic (exact) mass is 383 g/mol. The molecule has 4 aliphatic heterocycles. The molecule has 0 aromatic heterocycles. The molecule has 4 rings (SSSR count). The van der Waals surface area contributed by atoms with Crippen molar-refractivity contribution in [3.8, 4) is 0 Å². The Kier molecular flexibility index (Phi) is 7.02. The summed E-state index contributed by atoms with van der Waals surface area (Å²) < 4.78 is 0. The van der Waals surface area contributed by atoms with Crippen LogP contribution in [0.1, 0.15) is 55.9 Å². The summed E-state index contributed by atoms with van der Waals surface area (Å²) >= 11 is 0. The van der Waals surface area contributed by atoms with Crippen LogP contribution >= 0.6 is 0 Å². The van der Waals surface area contributed by atoms with Crippen molar-refractivity contribution in [3.63, 3.8) is 0 Å². The van der Waals surface area contributed by atoms with Crippen LogP contribution < -0.4 is 0 Å². The van der Waals surface area contributed by atoms with Gasteiger partial charge < -0.3 is 9.80 Å². The van der Waals surface area contributed by atoms with Gasteiger partial charge in [0, 0.05) is 29.9 Å². The van der Waals surface area contributed by atoms with Crippen LogP contribution in [0, 0.1) is 11.8 Å². The Morgan fingerprint density at radius 2 is 1.36 bits per heavy atom. The number of allylic oxidation sites excluding steroid dienone is 1. The van der Waals surface area contributed by atoms with Gasteiger partial charge in [-0.2, -0.15) is 0 Å². The molecule has 4 unspecified atom stereocenters. The first-order valence-corrected chi connectivity index (χ1v) is 10.0. The molecule has 28 heavy (non-hydrogen) atoms. The number of hydrogen-bond donors (Lipinski definition) is 0. The molecular weight excluding hydrogens is 346 g/mol. The van der Waals surface area contributed by atoms with Crippen molar-refractivity contribution in [1.29, 1.82) is 0 Å². The highest BCUT2D eigenvalue weighted by atomic mass is 15.3. The first-order valence-electron chi connectivity index (χ1n) is 10.0. The van der Waals surface area contributed by atoms with Crippen LogP contribution in [-0.2, 0) is 0 Å². The molecule has 5 nitrogen and oxygen atoms in total. The molecular formula is C23H37N5. The van der Waals surface area contributed by atoms with Crippen LogP contribution in [-0.4, -0.2) is 52.0 Å². The second-order valence-corrected chi connectivity index (χ2v) is 8.27. The molecule has 154 valence electrons. The van der Waals surface area contributed by atoms with E-state index in [9.17, 15) is 0 Å². The fourth-order valence-corrected chi connectivity index (χ4v) is 3.83. The Labute approximate surface area is 171 Å². The number of rotatable bonds is 2. The third kappa shape index (κ3) is 4.45. The molecule has 0 saturated carbocycles. The standard InChI is InChI=1S/C12H18N2.C10H15N3.CH4/c1-8(2)14-6-5-11-7-9(3)10(4)13-12(11)14;1-7(2)13-5-4-9-6-11-8(3)12-10(9)13;/h5-8,11-12H,1-4H3;4-7,9-10H,1-3H3;1H4. The molecule has 5 heteroatoms. The fourth-order valence-electron chi connectivity index (χ4n) is 3.83. The smallest absolute Gasteiger partial charge is 0.134 e. The van der Waals surface area contributed by atoms with Gasteiger partial charge in [0.2, 0.25) is 0 Å². The molecule has 4 atom stereocenters. The first kappa shape index (κ1) is 22.1.